The van der Waals surface area contributed by atoms with Gasteiger partial charge in [-0.05, 0) is 39.0 Å². The Labute approximate surface area is 132 Å². The van der Waals surface area contributed by atoms with E-state index in [1.807, 2.05) is 6.92 Å². The molecule has 1 N–H and O–H groups in total. The third-order valence-corrected chi connectivity index (χ3v) is 5.03. The molecule has 3 atom stereocenters. The average Bonchev–Trinajstić information content (AvgIpc) is 2.93. The van der Waals surface area contributed by atoms with Gasteiger partial charge in [0, 0.05) is 37.4 Å². The van der Waals surface area contributed by atoms with Crippen molar-refractivity contribution in [1.82, 2.24) is 9.97 Å². The van der Waals surface area contributed by atoms with E-state index in [1.165, 1.54) is 12.8 Å². The lowest BCUT2D eigenvalue weighted by molar-refractivity contribution is 0.109. The van der Waals surface area contributed by atoms with Crippen LogP contribution in [0.3, 0.4) is 0 Å². The van der Waals surface area contributed by atoms with Crippen LogP contribution in [-0.2, 0) is 11.3 Å². The van der Waals surface area contributed by atoms with Gasteiger partial charge >= 0.3 is 0 Å². The SMILES string of the molecule is COCc1nc(C)cc(N2CCCCC2C2CCCC2O)n1. The highest BCUT2D eigenvalue weighted by Gasteiger charge is 2.37. The van der Waals surface area contributed by atoms with Crippen molar-refractivity contribution in [2.24, 2.45) is 5.92 Å². The highest BCUT2D eigenvalue weighted by atomic mass is 16.5. The molecule has 5 nitrogen and oxygen atoms in total. The van der Waals surface area contributed by atoms with Crippen LogP contribution in [0, 0.1) is 12.8 Å². The lowest BCUT2D eigenvalue weighted by atomic mass is 9.87. The Morgan fingerprint density at radius 2 is 2.09 bits per heavy atom. The molecule has 1 saturated carbocycles. The summed E-state index contributed by atoms with van der Waals surface area (Å²) in [5.74, 6) is 2.14. The highest BCUT2D eigenvalue weighted by Crippen LogP contribution is 2.36. The van der Waals surface area contributed by atoms with Crippen LogP contribution in [0.25, 0.3) is 0 Å². The van der Waals surface area contributed by atoms with E-state index in [4.69, 9.17) is 9.72 Å². The number of ether oxygens (including phenoxy) is 1. The first-order chi connectivity index (χ1) is 10.7. The molecule has 0 amide bonds. The van der Waals surface area contributed by atoms with Crippen LogP contribution in [0.5, 0.6) is 0 Å². The Kier molecular flexibility index (Phi) is 4.93. The number of aryl methyl sites for hydroxylation is 1. The fourth-order valence-corrected chi connectivity index (χ4v) is 4.06. The number of aliphatic hydroxyl groups excluding tert-OH is 1. The van der Waals surface area contributed by atoms with E-state index < -0.39 is 0 Å². The lowest BCUT2D eigenvalue weighted by Gasteiger charge is -2.41. The molecule has 1 aromatic rings. The Morgan fingerprint density at radius 1 is 1.23 bits per heavy atom. The molecule has 1 aliphatic carbocycles. The minimum Gasteiger partial charge on any atom is -0.393 e. The van der Waals surface area contributed by atoms with Crippen molar-refractivity contribution in [3.63, 3.8) is 0 Å². The van der Waals surface area contributed by atoms with Gasteiger partial charge in [0.2, 0.25) is 0 Å². The second kappa shape index (κ2) is 6.92. The van der Waals surface area contributed by atoms with Crippen LogP contribution < -0.4 is 4.90 Å². The van der Waals surface area contributed by atoms with Crippen LogP contribution in [0.2, 0.25) is 0 Å². The van der Waals surface area contributed by atoms with Gasteiger partial charge in [0.15, 0.2) is 5.82 Å². The smallest absolute Gasteiger partial charge is 0.156 e. The number of aromatic nitrogens is 2. The van der Waals surface area contributed by atoms with Gasteiger partial charge in [-0.15, -0.1) is 0 Å². The van der Waals surface area contributed by atoms with E-state index in [1.54, 1.807) is 7.11 Å². The quantitative estimate of drug-likeness (QED) is 0.926. The Balaban J connectivity index is 1.86. The zero-order valence-electron chi connectivity index (χ0n) is 13.7. The number of nitrogens with zero attached hydrogens (tertiary/aromatic N) is 3. The monoisotopic (exact) mass is 305 g/mol. The predicted octanol–water partition coefficient (Wildman–Crippen LogP) is 2.45. The molecule has 0 bridgehead atoms. The third-order valence-electron chi connectivity index (χ3n) is 5.03. The van der Waals surface area contributed by atoms with Gasteiger partial charge in [0.1, 0.15) is 12.4 Å². The van der Waals surface area contributed by atoms with Crippen LogP contribution in [0.1, 0.15) is 50.0 Å². The zero-order chi connectivity index (χ0) is 15.5. The van der Waals surface area contributed by atoms with Gasteiger partial charge < -0.3 is 14.7 Å². The van der Waals surface area contributed by atoms with E-state index in [-0.39, 0.29) is 6.10 Å². The number of hydrogen-bond donors (Lipinski definition) is 1. The molecular weight excluding hydrogens is 278 g/mol. The van der Waals surface area contributed by atoms with E-state index in [2.05, 4.69) is 16.0 Å². The fourth-order valence-electron chi connectivity index (χ4n) is 4.06. The molecule has 1 aromatic heterocycles. The minimum absolute atomic E-state index is 0.146. The Bertz CT molecular complexity index is 509. The summed E-state index contributed by atoms with van der Waals surface area (Å²) in [5, 5.41) is 10.3. The molecule has 0 radical (unpaired) electrons. The van der Waals surface area contributed by atoms with Crippen LogP contribution in [0.4, 0.5) is 5.82 Å². The van der Waals surface area contributed by atoms with Crippen molar-refractivity contribution < 1.29 is 9.84 Å². The molecule has 2 aliphatic rings. The number of methoxy groups -OCH3 is 1. The maximum Gasteiger partial charge on any atom is 0.156 e. The van der Waals surface area contributed by atoms with Gasteiger partial charge in [0.05, 0.1) is 6.10 Å². The van der Waals surface area contributed by atoms with Crippen molar-refractivity contribution in [2.45, 2.75) is 64.2 Å². The van der Waals surface area contributed by atoms with E-state index >= 15 is 0 Å². The number of rotatable bonds is 4. The molecule has 2 heterocycles. The first-order valence-corrected chi connectivity index (χ1v) is 8.47. The van der Waals surface area contributed by atoms with Crippen LogP contribution >= 0.6 is 0 Å². The molecular formula is C17H27N3O2. The van der Waals surface area contributed by atoms with Gasteiger partial charge in [-0.25, -0.2) is 9.97 Å². The maximum atomic E-state index is 10.3. The van der Waals surface area contributed by atoms with E-state index in [9.17, 15) is 5.11 Å². The molecule has 1 aliphatic heterocycles. The van der Waals surface area contributed by atoms with Gasteiger partial charge in [-0.3, -0.25) is 0 Å². The summed E-state index contributed by atoms with van der Waals surface area (Å²) in [5.41, 5.74) is 0.980. The average molecular weight is 305 g/mol. The standard InChI is InChI=1S/C17H27N3O2/c1-12-10-17(19-16(18-12)11-22-2)20-9-4-3-7-14(20)13-6-5-8-15(13)21/h10,13-15,21H,3-9,11H2,1-2H3. The molecule has 1 saturated heterocycles. The third kappa shape index (κ3) is 3.25. The molecule has 122 valence electrons. The maximum absolute atomic E-state index is 10.3. The summed E-state index contributed by atoms with van der Waals surface area (Å²) >= 11 is 0. The van der Waals surface area contributed by atoms with E-state index in [0.29, 0.717) is 18.6 Å². The molecule has 5 heteroatoms. The summed E-state index contributed by atoms with van der Waals surface area (Å²) in [6.45, 7) is 3.48. The number of piperidine rings is 1. The van der Waals surface area contributed by atoms with Crippen LogP contribution in [-0.4, -0.2) is 40.9 Å². The van der Waals surface area contributed by atoms with E-state index in [0.717, 1.165) is 49.6 Å². The molecule has 3 unspecified atom stereocenters. The second-order valence-corrected chi connectivity index (χ2v) is 6.64. The second-order valence-electron chi connectivity index (χ2n) is 6.64. The number of hydrogen-bond acceptors (Lipinski definition) is 5. The summed E-state index contributed by atoms with van der Waals surface area (Å²) < 4.78 is 5.19. The Hall–Kier alpha value is -1.20. The molecule has 3 rings (SSSR count). The zero-order valence-corrected chi connectivity index (χ0v) is 13.7. The van der Waals surface area contributed by atoms with Crippen LogP contribution in [0.15, 0.2) is 6.07 Å². The highest BCUT2D eigenvalue weighted by molar-refractivity contribution is 5.42. The van der Waals surface area contributed by atoms with Crippen molar-refractivity contribution >= 4 is 5.82 Å². The molecule has 22 heavy (non-hydrogen) atoms. The lowest BCUT2D eigenvalue weighted by Crippen LogP contribution is -2.47. The largest absolute Gasteiger partial charge is 0.393 e. The molecule has 0 spiro atoms. The summed E-state index contributed by atoms with van der Waals surface area (Å²) in [6, 6.07) is 2.48. The normalized spacial score (nSPS) is 29.0. The fraction of sp³-hybridized carbons (Fsp3) is 0.765. The molecule has 2 fully saturated rings. The Morgan fingerprint density at radius 3 is 2.82 bits per heavy atom. The predicted molar refractivity (Wildman–Crippen MR) is 85.8 cm³/mol. The number of aliphatic hydroxyl groups is 1. The van der Waals surface area contributed by atoms with Gasteiger partial charge in [0.25, 0.3) is 0 Å². The summed E-state index contributed by atoms with van der Waals surface area (Å²) in [6.07, 6.45) is 6.69. The summed E-state index contributed by atoms with van der Waals surface area (Å²) in [7, 11) is 1.67. The van der Waals surface area contributed by atoms with Crippen molar-refractivity contribution in [3.8, 4) is 0 Å². The van der Waals surface area contributed by atoms with Crippen molar-refractivity contribution in [2.75, 3.05) is 18.6 Å². The summed E-state index contributed by atoms with van der Waals surface area (Å²) in [4.78, 5) is 11.6. The number of anilines is 1. The topological polar surface area (TPSA) is 58.5 Å². The molecule has 0 aromatic carbocycles. The van der Waals surface area contributed by atoms with Crippen molar-refractivity contribution in [1.29, 1.82) is 0 Å². The van der Waals surface area contributed by atoms with Gasteiger partial charge in [-0.2, -0.15) is 0 Å². The first kappa shape index (κ1) is 15.7. The van der Waals surface area contributed by atoms with Crippen molar-refractivity contribution in [3.05, 3.63) is 17.6 Å². The first-order valence-electron chi connectivity index (χ1n) is 8.47. The van der Waals surface area contributed by atoms with Gasteiger partial charge in [-0.1, -0.05) is 6.42 Å². The minimum atomic E-state index is -0.146.